The number of nitrogens with zero attached hydrogens (tertiary/aromatic N) is 2. The fourth-order valence-electron chi connectivity index (χ4n) is 1.97. The summed E-state index contributed by atoms with van der Waals surface area (Å²) in [4.78, 5) is 11.9. The van der Waals surface area contributed by atoms with Gasteiger partial charge in [0.2, 0.25) is 0 Å². The molecule has 0 radical (unpaired) electrons. The zero-order valence-electron chi connectivity index (χ0n) is 11.1. The SMILES string of the molecule is CC(C)CNc1cnn(CC2CCCO2)c(=O)c1. The molecule has 100 valence electrons. The maximum Gasteiger partial charge on any atom is 0.268 e. The van der Waals surface area contributed by atoms with Gasteiger partial charge in [0.15, 0.2) is 0 Å². The van der Waals surface area contributed by atoms with Gasteiger partial charge in [-0.1, -0.05) is 13.8 Å². The highest BCUT2D eigenvalue weighted by molar-refractivity contribution is 5.38. The quantitative estimate of drug-likeness (QED) is 0.861. The Morgan fingerprint density at radius 3 is 3.06 bits per heavy atom. The van der Waals surface area contributed by atoms with Crippen molar-refractivity contribution in [3.05, 3.63) is 22.6 Å². The third-order valence-electron chi connectivity index (χ3n) is 2.98. The first-order valence-corrected chi connectivity index (χ1v) is 6.58. The average Bonchev–Trinajstić information content (AvgIpc) is 2.82. The van der Waals surface area contributed by atoms with Crippen molar-refractivity contribution in [2.75, 3.05) is 18.5 Å². The van der Waals surface area contributed by atoms with Crippen LogP contribution in [0.5, 0.6) is 0 Å². The maximum atomic E-state index is 11.9. The number of rotatable bonds is 5. The third kappa shape index (κ3) is 3.57. The largest absolute Gasteiger partial charge is 0.383 e. The molecule has 0 bridgehead atoms. The van der Waals surface area contributed by atoms with Crippen molar-refractivity contribution in [3.8, 4) is 0 Å². The van der Waals surface area contributed by atoms with Crippen molar-refractivity contribution in [2.45, 2.75) is 39.3 Å². The molecule has 1 N–H and O–H groups in total. The number of aromatic nitrogens is 2. The van der Waals surface area contributed by atoms with E-state index in [1.807, 2.05) is 0 Å². The minimum absolute atomic E-state index is 0.0701. The highest BCUT2D eigenvalue weighted by Crippen LogP contribution is 2.13. The van der Waals surface area contributed by atoms with Gasteiger partial charge in [-0.3, -0.25) is 4.79 Å². The van der Waals surface area contributed by atoms with Gasteiger partial charge < -0.3 is 10.1 Å². The zero-order valence-corrected chi connectivity index (χ0v) is 11.1. The number of hydrogen-bond donors (Lipinski definition) is 1. The second-order valence-electron chi connectivity index (χ2n) is 5.17. The van der Waals surface area contributed by atoms with E-state index in [0.717, 1.165) is 31.7 Å². The fraction of sp³-hybridized carbons (Fsp3) is 0.692. The molecule has 5 nitrogen and oxygen atoms in total. The Morgan fingerprint density at radius 1 is 1.61 bits per heavy atom. The van der Waals surface area contributed by atoms with Gasteiger partial charge in [0, 0.05) is 19.2 Å². The fourth-order valence-corrected chi connectivity index (χ4v) is 1.97. The van der Waals surface area contributed by atoms with Crippen molar-refractivity contribution in [2.24, 2.45) is 5.92 Å². The Bertz CT molecular complexity index is 436. The lowest BCUT2D eigenvalue weighted by Crippen LogP contribution is -2.28. The minimum Gasteiger partial charge on any atom is -0.383 e. The van der Waals surface area contributed by atoms with Gasteiger partial charge in [0.1, 0.15) is 0 Å². The van der Waals surface area contributed by atoms with Crippen molar-refractivity contribution in [1.82, 2.24) is 9.78 Å². The Balaban J connectivity index is 1.98. The van der Waals surface area contributed by atoms with Crippen LogP contribution >= 0.6 is 0 Å². The molecule has 2 rings (SSSR count). The first kappa shape index (κ1) is 13.1. The summed E-state index contributed by atoms with van der Waals surface area (Å²) in [6.45, 7) is 6.45. The first-order valence-electron chi connectivity index (χ1n) is 6.58. The van der Waals surface area contributed by atoms with Gasteiger partial charge in [-0.15, -0.1) is 0 Å². The Kier molecular flexibility index (Phi) is 4.36. The van der Waals surface area contributed by atoms with Gasteiger partial charge in [-0.05, 0) is 18.8 Å². The van der Waals surface area contributed by atoms with Gasteiger partial charge >= 0.3 is 0 Å². The molecule has 2 heterocycles. The smallest absolute Gasteiger partial charge is 0.268 e. The van der Waals surface area contributed by atoms with E-state index in [2.05, 4.69) is 24.3 Å². The molecule has 1 aliphatic heterocycles. The summed E-state index contributed by atoms with van der Waals surface area (Å²) in [5.74, 6) is 0.541. The summed E-state index contributed by atoms with van der Waals surface area (Å²) < 4.78 is 6.99. The van der Waals surface area contributed by atoms with Gasteiger partial charge in [0.05, 0.1) is 24.5 Å². The second-order valence-corrected chi connectivity index (χ2v) is 5.17. The molecule has 1 saturated heterocycles. The highest BCUT2D eigenvalue weighted by Gasteiger charge is 2.16. The molecule has 0 amide bonds. The summed E-state index contributed by atoms with van der Waals surface area (Å²) in [6, 6.07) is 1.60. The molecular formula is C13H21N3O2. The van der Waals surface area contributed by atoms with Crippen LogP contribution in [0.25, 0.3) is 0 Å². The van der Waals surface area contributed by atoms with Crippen molar-refractivity contribution < 1.29 is 4.74 Å². The molecule has 5 heteroatoms. The standard InChI is InChI=1S/C13H21N3O2/c1-10(2)7-14-11-6-13(17)16(15-8-11)9-12-4-3-5-18-12/h6,8,10,12,14H,3-5,7,9H2,1-2H3. The molecule has 1 unspecified atom stereocenters. The number of anilines is 1. The Morgan fingerprint density at radius 2 is 2.44 bits per heavy atom. The highest BCUT2D eigenvalue weighted by atomic mass is 16.5. The van der Waals surface area contributed by atoms with E-state index >= 15 is 0 Å². The first-order chi connectivity index (χ1) is 8.65. The zero-order chi connectivity index (χ0) is 13.0. The molecule has 0 saturated carbocycles. The van der Waals surface area contributed by atoms with Crippen molar-refractivity contribution in [1.29, 1.82) is 0 Å². The van der Waals surface area contributed by atoms with Crippen LogP contribution in [-0.4, -0.2) is 29.0 Å². The number of nitrogens with one attached hydrogen (secondary N) is 1. The molecule has 1 aromatic heterocycles. The van der Waals surface area contributed by atoms with E-state index in [0.29, 0.717) is 12.5 Å². The van der Waals surface area contributed by atoms with Crippen LogP contribution in [-0.2, 0) is 11.3 Å². The molecule has 0 aromatic carbocycles. The van der Waals surface area contributed by atoms with Crippen LogP contribution in [0.1, 0.15) is 26.7 Å². The molecule has 18 heavy (non-hydrogen) atoms. The molecule has 1 atom stereocenters. The topological polar surface area (TPSA) is 56.1 Å². The maximum absolute atomic E-state index is 11.9. The molecular weight excluding hydrogens is 230 g/mol. The molecule has 1 aliphatic rings. The normalized spacial score (nSPS) is 19.4. The van der Waals surface area contributed by atoms with Gasteiger partial charge in [-0.2, -0.15) is 5.10 Å². The number of ether oxygens (including phenoxy) is 1. The second kappa shape index (κ2) is 6.00. The van der Waals surface area contributed by atoms with Crippen LogP contribution in [0.15, 0.2) is 17.1 Å². The van der Waals surface area contributed by atoms with Gasteiger partial charge in [0.25, 0.3) is 5.56 Å². The molecule has 1 fully saturated rings. The Hall–Kier alpha value is -1.36. The summed E-state index contributed by atoms with van der Waals surface area (Å²) in [5, 5.41) is 7.38. The lowest BCUT2D eigenvalue weighted by molar-refractivity contribution is 0.0927. The van der Waals surface area contributed by atoms with E-state index in [-0.39, 0.29) is 11.7 Å². The van der Waals surface area contributed by atoms with Gasteiger partial charge in [-0.25, -0.2) is 4.68 Å². The van der Waals surface area contributed by atoms with Crippen LogP contribution in [0, 0.1) is 5.92 Å². The predicted octanol–water partition coefficient (Wildman–Crippen LogP) is 1.49. The number of hydrogen-bond acceptors (Lipinski definition) is 4. The van der Waals surface area contributed by atoms with E-state index in [1.54, 1.807) is 12.3 Å². The van der Waals surface area contributed by atoms with Crippen molar-refractivity contribution >= 4 is 5.69 Å². The molecule has 0 spiro atoms. The van der Waals surface area contributed by atoms with E-state index in [4.69, 9.17) is 4.74 Å². The van der Waals surface area contributed by atoms with Crippen LogP contribution in [0.2, 0.25) is 0 Å². The van der Waals surface area contributed by atoms with E-state index in [1.165, 1.54) is 4.68 Å². The van der Waals surface area contributed by atoms with Crippen LogP contribution in [0.4, 0.5) is 5.69 Å². The third-order valence-corrected chi connectivity index (χ3v) is 2.98. The molecule has 0 aliphatic carbocycles. The van der Waals surface area contributed by atoms with Crippen LogP contribution in [0.3, 0.4) is 0 Å². The predicted molar refractivity (Wildman–Crippen MR) is 70.8 cm³/mol. The minimum atomic E-state index is -0.0701. The van der Waals surface area contributed by atoms with Crippen molar-refractivity contribution in [3.63, 3.8) is 0 Å². The summed E-state index contributed by atoms with van der Waals surface area (Å²) in [7, 11) is 0. The lowest BCUT2D eigenvalue weighted by atomic mass is 10.2. The monoisotopic (exact) mass is 251 g/mol. The van der Waals surface area contributed by atoms with E-state index in [9.17, 15) is 4.79 Å². The summed E-state index contributed by atoms with van der Waals surface area (Å²) in [6.07, 6.45) is 3.94. The Labute approximate surface area is 107 Å². The molecule has 1 aromatic rings. The summed E-state index contributed by atoms with van der Waals surface area (Å²) >= 11 is 0. The van der Waals surface area contributed by atoms with Crippen LogP contribution < -0.4 is 10.9 Å². The van der Waals surface area contributed by atoms with E-state index < -0.39 is 0 Å². The average molecular weight is 251 g/mol. The lowest BCUT2D eigenvalue weighted by Gasteiger charge is -2.12. The summed E-state index contributed by atoms with van der Waals surface area (Å²) in [5.41, 5.74) is 0.719.